The first-order chi connectivity index (χ1) is 8.97. The summed E-state index contributed by atoms with van der Waals surface area (Å²) in [6.07, 6.45) is 1.38. The predicted molar refractivity (Wildman–Crippen MR) is 73.7 cm³/mol. The van der Waals surface area contributed by atoms with Crippen molar-refractivity contribution in [3.8, 4) is 0 Å². The van der Waals surface area contributed by atoms with Crippen molar-refractivity contribution >= 4 is 22.5 Å². The lowest BCUT2D eigenvalue weighted by molar-refractivity contribution is -0.122. The molecule has 1 aromatic carbocycles. The van der Waals surface area contributed by atoms with Gasteiger partial charge >= 0.3 is 0 Å². The van der Waals surface area contributed by atoms with Crippen LogP contribution in [0, 0.1) is 0 Å². The van der Waals surface area contributed by atoms with Crippen LogP contribution in [-0.2, 0) is 11.3 Å². The summed E-state index contributed by atoms with van der Waals surface area (Å²) >= 11 is 0. The van der Waals surface area contributed by atoms with Gasteiger partial charge in [0.1, 0.15) is 6.54 Å². The van der Waals surface area contributed by atoms with E-state index in [0.29, 0.717) is 16.6 Å². The zero-order valence-corrected chi connectivity index (χ0v) is 10.9. The summed E-state index contributed by atoms with van der Waals surface area (Å²) in [7, 11) is 0. The smallest absolute Gasteiger partial charge is 0.261 e. The molecule has 0 radical (unpaired) electrons. The third-order valence-electron chi connectivity index (χ3n) is 2.61. The molecule has 0 spiro atoms. The molecule has 0 saturated carbocycles. The standard InChI is InChI=1S/C13H16N4O2/c1-8(2)16-12(18)6-17-7-15-11-4-3-9(14)5-10(11)13(17)19/h3-5,7-8H,6,14H2,1-2H3,(H,16,18). The summed E-state index contributed by atoms with van der Waals surface area (Å²) < 4.78 is 1.28. The van der Waals surface area contributed by atoms with E-state index in [9.17, 15) is 9.59 Å². The quantitative estimate of drug-likeness (QED) is 0.786. The molecule has 0 unspecified atom stereocenters. The molecular weight excluding hydrogens is 244 g/mol. The van der Waals surface area contributed by atoms with Crippen molar-refractivity contribution in [1.29, 1.82) is 0 Å². The Morgan fingerprint density at radius 3 is 2.89 bits per heavy atom. The number of nitrogens with two attached hydrogens (primary N) is 1. The predicted octanol–water partition coefficient (Wildman–Crippen LogP) is 0.503. The Morgan fingerprint density at radius 2 is 2.21 bits per heavy atom. The van der Waals surface area contributed by atoms with Crippen LogP contribution in [0.15, 0.2) is 29.3 Å². The summed E-state index contributed by atoms with van der Waals surface area (Å²) in [5, 5.41) is 3.14. The number of hydrogen-bond acceptors (Lipinski definition) is 4. The fourth-order valence-corrected chi connectivity index (χ4v) is 1.81. The van der Waals surface area contributed by atoms with E-state index in [2.05, 4.69) is 10.3 Å². The molecule has 0 aliphatic rings. The molecule has 0 saturated heterocycles. The van der Waals surface area contributed by atoms with Crippen LogP contribution in [0.1, 0.15) is 13.8 Å². The first-order valence-corrected chi connectivity index (χ1v) is 6.01. The van der Waals surface area contributed by atoms with E-state index in [-0.39, 0.29) is 24.1 Å². The van der Waals surface area contributed by atoms with Crippen molar-refractivity contribution in [2.24, 2.45) is 0 Å². The number of fused-ring (bicyclic) bond motifs is 1. The molecule has 0 fully saturated rings. The lowest BCUT2D eigenvalue weighted by atomic mass is 10.2. The zero-order chi connectivity index (χ0) is 14.0. The minimum atomic E-state index is -0.267. The fourth-order valence-electron chi connectivity index (χ4n) is 1.81. The number of carbonyl (C=O) groups excluding carboxylic acids is 1. The lowest BCUT2D eigenvalue weighted by Crippen LogP contribution is -2.36. The lowest BCUT2D eigenvalue weighted by Gasteiger charge is -2.10. The first kappa shape index (κ1) is 13.1. The van der Waals surface area contributed by atoms with Gasteiger partial charge in [-0.1, -0.05) is 0 Å². The molecule has 100 valence electrons. The highest BCUT2D eigenvalue weighted by Gasteiger charge is 2.09. The van der Waals surface area contributed by atoms with E-state index < -0.39 is 0 Å². The summed E-state index contributed by atoms with van der Waals surface area (Å²) in [6.45, 7) is 3.68. The number of nitrogens with one attached hydrogen (secondary N) is 1. The first-order valence-electron chi connectivity index (χ1n) is 6.01. The molecule has 0 bridgehead atoms. The maximum absolute atomic E-state index is 12.2. The third kappa shape index (κ3) is 2.90. The number of aromatic nitrogens is 2. The molecule has 1 heterocycles. The molecule has 0 aliphatic heterocycles. The zero-order valence-electron chi connectivity index (χ0n) is 10.9. The third-order valence-corrected chi connectivity index (χ3v) is 2.61. The maximum Gasteiger partial charge on any atom is 0.261 e. The SMILES string of the molecule is CC(C)NC(=O)Cn1cnc2ccc(N)cc2c1=O. The second-order valence-electron chi connectivity index (χ2n) is 4.68. The van der Waals surface area contributed by atoms with Gasteiger partial charge in [0.25, 0.3) is 5.56 Å². The minimum Gasteiger partial charge on any atom is -0.399 e. The van der Waals surface area contributed by atoms with Crippen LogP contribution in [0.4, 0.5) is 5.69 Å². The van der Waals surface area contributed by atoms with E-state index in [0.717, 1.165) is 0 Å². The molecule has 6 nitrogen and oxygen atoms in total. The summed E-state index contributed by atoms with van der Waals surface area (Å²) in [5.74, 6) is -0.220. The van der Waals surface area contributed by atoms with E-state index in [4.69, 9.17) is 5.73 Å². The Morgan fingerprint density at radius 1 is 1.47 bits per heavy atom. The van der Waals surface area contributed by atoms with Crippen LogP contribution in [0.5, 0.6) is 0 Å². The van der Waals surface area contributed by atoms with Gasteiger partial charge < -0.3 is 11.1 Å². The van der Waals surface area contributed by atoms with Crippen molar-refractivity contribution in [2.75, 3.05) is 5.73 Å². The number of carbonyl (C=O) groups is 1. The van der Waals surface area contributed by atoms with E-state index >= 15 is 0 Å². The van der Waals surface area contributed by atoms with Gasteiger partial charge in [-0.25, -0.2) is 4.98 Å². The molecule has 6 heteroatoms. The van der Waals surface area contributed by atoms with Crippen molar-refractivity contribution < 1.29 is 4.79 Å². The normalized spacial score (nSPS) is 10.9. The average molecular weight is 260 g/mol. The van der Waals surface area contributed by atoms with Gasteiger partial charge in [-0.05, 0) is 32.0 Å². The second-order valence-corrected chi connectivity index (χ2v) is 4.68. The molecule has 2 rings (SSSR count). The number of amides is 1. The van der Waals surface area contributed by atoms with Crippen LogP contribution in [0.25, 0.3) is 10.9 Å². The molecule has 19 heavy (non-hydrogen) atoms. The number of nitrogens with zero attached hydrogens (tertiary/aromatic N) is 2. The molecular formula is C13H16N4O2. The monoisotopic (exact) mass is 260 g/mol. The van der Waals surface area contributed by atoms with Gasteiger partial charge in [-0.3, -0.25) is 14.2 Å². The van der Waals surface area contributed by atoms with Gasteiger partial charge in [0.15, 0.2) is 0 Å². The summed E-state index contributed by atoms with van der Waals surface area (Å²) in [4.78, 5) is 28.0. The topological polar surface area (TPSA) is 90.0 Å². The molecule has 2 aromatic rings. The van der Waals surface area contributed by atoms with Crippen molar-refractivity contribution in [3.63, 3.8) is 0 Å². The Labute approximate surface area is 110 Å². The largest absolute Gasteiger partial charge is 0.399 e. The van der Waals surface area contributed by atoms with Crippen LogP contribution in [0.2, 0.25) is 0 Å². The number of anilines is 1. The van der Waals surface area contributed by atoms with Gasteiger partial charge in [-0.15, -0.1) is 0 Å². The van der Waals surface area contributed by atoms with Crippen LogP contribution in [-0.4, -0.2) is 21.5 Å². The summed E-state index contributed by atoms with van der Waals surface area (Å²) in [6, 6.07) is 4.98. The maximum atomic E-state index is 12.2. The number of rotatable bonds is 3. The van der Waals surface area contributed by atoms with Gasteiger partial charge in [0.2, 0.25) is 5.91 Å². The van der Waals surface area contributed by atoms with Crippen LogP contribution < -0.4 is 16.6 Å². The van der Waals surface area contributed by atoms with E-state index in [1.165, 1.54) is 10.9 Å². The van der Waals surface area contributed by atoms with Crippen molar-refractivity contribution in [3.05, 3.63) is 34.9 Å². The Hall–Kier alpha value is -2.37. The van der Waals surface area contributed by atoms with Crippen LogP contribution >= 0.6 is 0 Å². The van der Waals surface area contributed by atoms with E-state index in [1.54, 1.807) is 18.2 Å². The highest BCUT2D eigenvalue weighted by atomic mass is 16.2. The van der Waals surface area contributed by atoms with Gasteiger partial charge in [0.05, 0.1) is 17.2 Å². The molecule has 0 atom stereocenters. The highest BCUT2D eigenvalue weighted by Crippen LogP contribution is 2.10. The Bertz CT molecular complexity index is 676. The fraction of sp³-hybridized carbons (Fsp3) is 0.308. The van der Waals surface area contributed by atoms with Crippen molar-refractivity contribution in [2.45, 2.75) is 26.4 Å². The Balaban J connectivity index is 2.37. The van der Waals surface area contributed by atoms with Gasteiger partial charge in [-0.2, -0.15) is 0 Å². The highest BCUT2D eigenvalue weighted by molar-refractivity contribution is 5.81. The van der Waals surface area contributed by atoms with Gasteiger partial charge in [0, 0.05) is 11.7 Å². The average Bonchev–Trinajstić information content (AvgIpc) is 2.32. The van der Waals surface area contributed by atoms with Crippen LogP contribution in [0.3, 0.4) is 0 Å². The number of nitrogen functional groups attached to an aromatic ring is 1. The second kappa shape index (κ2) is 5.09. The van der Waals surface area contributed by atoms with E-state index in [1.807, 2.05) is 13.8 Å². The number of benzene rings is 1. The minimum absolute atomic E-state index is 0.0345. The summed E-state index contributed by atoms with van der Waals surface area (Å²) in [5.41, 5.74) is 6.45. The molecule has 3 N–H and O–H groups in total. The number of hydrogen-bond donors (Lipinski definition) is 2. The molecule has 1 aromatic heterocycles. The Kier molecular flexibility index (Phi) is 3.50. The molecule has 1 amide bonds. The molecule has 0 aliphatic carbocycles. The van der Waals surface area contributed by atoms with Crippen molar-refractivity contribution in [1.82, 2.24) is 14.9 Å².